The second-order valence-corrected chi connectivity index (χ2v) is 8.13. The first-order chi connectivity index (χ1) is 15.5. The van der Waals surface area contributed by atoms with Crippen molar-refractivity contribution >= 4 is 28.1 Å². The van der Waals surface area contributed by atoms with Crippen molar-refractivity contribution in [3.63, 3.8) is 0 Å². The maximum absolute atomic E-state index is 13.5. The van der Waals surface area contributed by atoms with Gasteiger partial charge in [0.25, 0.3) is 5.56 Å². The Morgan fingerprint density at radius 3 is 2.66 bits per heavy atom. The zero-order chi connectivity index (χ0) is 22.2. The van der Waals surface area contributed by atoms with E-state index in [-0.39, 0.29) is 28.4 Å². The molecular weight excluding hydrogens is 407 g/mol. The van der Waals surface area contributed by atoms with Crippen molar-refractivity contribution in [2.45, 2.75) is 26.3 Å². The number of carbonyl (C=O) groups excluding carboxylic acids is 1. The number of anilines is 2. The monoisotopic (exact) mass is 428 g/mol. The number of pyridine rings is 1. The molecule has 2 heterocycles. The Balaban J connectivity index is 1.69. The molecule has 0 amide bonds. The molecule has 1 aliphatic carbocycles. The zero-order valence-corrected chi connectivity index (χ0v) is 17.5. The summed E-state index contributed by atoms with van der Waals surface area (Å²) in [6.07, 6.45) is 3.82. The van der Waals surface area contributed by atoms with Crippen molar-refractivity contribution in [1.29, 1.82) is 0 Å². The van der Waals surface area contributed by atoms with E-state index < -0.39 is 0 Å². The van der Waals surface area contributed by atoms with Gasteiger partial charge in [-0.15, -0.1) is 0 Å². The molecule has 0 saturated heterocycles. The lowest BCUT2D eigenvalue weighted by molar-refractivity contribution is 0.101. The molecule has 1 saturated carbocycles. The molecule has 7 heteroatoms. The molecule has 4 aromatic rings. The van der Waals surface area contributed by atoms with Crippen molar-refractivity contribution < 1.29 is 9.18 Å². The Kier molecular flexibility index (Phi) is 5.01. The van der Waals surface area contributed by atoms with E-state index in [2.05, 4.69) is 15.4 Å². The van der Waals surface area contributed by atoms with Gasteiger partial charge in [-0.3, -0.25) is 14.6 Å². The van der Waals surface area contributed by atoms with Gasteiger partial charge in [0.1, 0.15) is 17.2 Å². The number of nitrogens with one attached hydrogen (secondary N) is 1. The minimum atomic E-state index is -0.382. The van der Waals surface area contributed by atoms with Gasteiger partial charge in [-0.2, -0.15) is 5.10 Å². The third-order valence-electron chi connectivity index (χ3n) is 5.63. The van der Waals surface area contributed by atoms with Crippen molar-refractivity contribution in [2.75, 3.05) is 5.32 Å². The van der Waals surface area contributed by atoms with E-state index in [0.717, 1.165) is 23.7 Å². The fourth-order valence-electron chi connectivity index (χ4n) is 3.81. The van der Waals surface area contributed by atoms with Gasteiger partial charge in [0.05, 0.1) is 11.1 Å². The predicted octanol–water partition coefficient (Wildman–Crippen LogP) is 4.95. The van der Waals surface area contributed by atoms with Crippen molar-refractivity contribution in [1.82, 2.24) is 14.8 Å². The van der Waals surface area contributed by atoms with Gasteiger partial charge in [0.15, 0.2) is 5.78 Å². The summed E-state index contributed by atoms with van der Waals surface area (Å²) in [6.45, 7) is 1.89. The number of hydrogen-bond donors (Lipinski definition) is 1. The molecule has 160 valence electrons. The number of carbonyl (C=O) groups is 1. The highest BCUT2D eigenvalue weighted by Gasteiger charge is 2.27. The molecule has 5 rings (SSSR count). The summed E-state index contributed by atoms with van der Waals surface area (Å²) in [5.41, 5.74) is 2.46. The fraction of sp³-hybridized carbons (Fsp3) is 0.200. The number of hydrogen-bond acceptors (Lipinski definition) is 5. The van der Waals surface area contributed by atoms with Crippen molar-refractivity contribution in [3.05, 3.63) is 82.5 Å². The molecule has 1 N–H and O–H groups in total. The molecule has 1 aliphatic rings. The van der Waals surface area contributed by atoms with Crippen LogP contribution < -0.4 is 10.9 Å². The lowest BCUT2D eigenvalue weighted by Crippen LogP contribution is -2.29. The Morgan fingerprint density at radius 2 is 1.94 bits per heavy atom. The fourth-order valence-corrected chi connectivity index (χ4v) is 3.81. The Bertz CT molecular complexity index is 1390. The SMILES string of the molecule is CC(=O)c1c(-c2ccc(F)cc2)nn(CC2CC2)c(=O)c1Nc1ccc2ncccc2c1. The van der Waals surface area contributed by atoms with Crippen LogP contribution in [0, 0.1) is 11.7 Å². The number of benzene rings is 2. The van der Waals surface area contributed by atoms with E-state index in [4.69, 9.17) is 0 Å². The number of nitrogens with zero attached hydrogens (tertiary/aromatic N) is 3. The Morgan fingerprint density at radius 1 is 1.16 bits per heavy atom. The molecule has 0 atom stereocenters. The van der Waals surface area contributed by atoms with Crippen LogP contribution in [0.1, 0.15) is 30.1 Å². The van der Waals surface area contributed by atoms with Crippen LogP contribution in [0.2, 0.25) is 0 Å². The number of ketones is 1. The third kappa shape index (κ3) is 3.89. The van der Waals surface area contributed by atoms with Gasteiger partial charge in [-0.25, -0.2) is 9.07 Å². The van der Waals surface area contributed by atoms with Gasteiger partial charge in [-0.1, -0.05) is 6.07 Å². The van der Waals surface area contributed by atoms with E-state index in [0.29, 0.717) is 29.4 Å². The molecular formula is C25H21FN4O2. The molecule has 2 aromatic heterocycles. The molecule has 0 spiro atoms. The molecule has 1 fully saturated rings. The van der Waals surface area contributed by atoms with Crippen LogP contribution in [0.4, 0.5) is 15.8 Å². The first-order valence-electron chi connectivity index (χ1n) is 10.5. The minimum absolute atomic E-state index is 0.177. The van der Waals surface area contributed by atoms with Crippen LogP contribution in [-0.4, -0.2) is 20.5 Å². The van der Waals surface area contributed by atoms with Gasteiger partial charge in [-0.05, 0) is 74.2 Å². The first kappa shape index (κ1) is 20.1. The lowest BCUT2D eigenvalue weighted by Gasteiger charge is -2.17. The average Bonchev–Trinajstić information content (AvgIpc) is 3.60. The summed E-state index contributed by atoms with van der Waals surface area (Å²) in [5.74, 6) is -0.269. The maximum Gasteiger partial charge on any atom is 0.291 e. The molecule has 0 bridgehead atoms. The summed E-state index contributed by atoms with van der Waals surface area (Å²) in [7, 11) is 0. The van der Waals surface area contributed by atoms with Gasteiger partial charge < -0.3 is 5.32 Å². The second-order valence-electron chi connectivity index (χ2n) is 8.13. The zero-order valence-electron chi connectivity index (χ0n) is 17.5. The molecule has 6 nitrogen and oxygen atoms in total. The summed E-state index contributed by atoms with van der Waals surface area (Å²) >= 11 is 0. The lowest BCUT2D eigenvalue weighted by atomic mass is 10.0. The highest BCUT2D eigenvalue weighted by molar-refractivity contribution is 6.05. The smallest absolute Gasteiger partial charge is 0.291 e. The Labute approximate surface area is 183 Å². The van der Waals surface area contributed by atoms with E-state index >= 15 is 0 Å². The normalized spacial score (nSPS) is 13.3. The first-order valence-corrected chi connectivity index (χ1v) is 10.5. The van der Waals surface area contributed by atoms with Crippen LogP contribution >= 0.6 is 0 Å². The van der Waals surface area contributed by atoms with E-state index in [1.165, 1.54) is 23.7 Å². The van der Waals surface area contributed by atoms with Gasteiger partial charge in [0.2, 0.25) is 0 Å². The van der Waals surface area contributed by atoms with Crippen molar-refractivity contribution in [2.24, 2.45) is 5.92 Å². The van der Waals surface area contributed by atoms with Crippen LogP contribution in [0.15, 0.2) is 65.6 Å². The molecule has 32 heavy (non-hydrogen) atoms. The van der Waals surface area contributed by atoms with Crippen LogP contribution in [0.5, 0.6) is 0 Å². The van der Waals surface area contributed by atoms with Crippen LogP contribution in [0.25, 0.3) is 22.2 Å². The molecule has 0 radical (unpaired) electrons. The highest BCUT2D eigenvalue weighted by atomic mass is 19.1. The minimum Gasteiger partial charge on any atom is -0.350 e. The van der Waals surface area contributed by atoms with E-state index in [1.54, 1.807) is 18.3 Å². The number of fused-ring (bicyclic) bond motifs is 1. The van der Waals surface area contributed by atoms with E-state index in [1.807, 2.05) is 30.3 Å². The Hall–Kier alpha value is -3.87. The summed E-state index contributed by atoms with van der Waals surface area (Å²) in [4.78, 5) is 30.4. The maximum atomic E-state index is 13.5. The van der Waals surface area contributed by atoms with E-state index in [9.17, 15) is 14.0 Å². The highest BCUT2D eigenvalue weighted by Crippen LogP contribution is 2.32. The molecule has 0 aliphatic heterocycles. The second kappa shape index (κ2) is 8.00. The quantitative estimate of drug-likeness (QED) is 0.440. The molecule has 2 aromatic carbocycles. The van der Waals surface area contributed by atoms with Gasteiger partial charge in [0, 0.05) is 29.4 Å². The summed E-state index contributed by atoms with van der Waals surface area (Å²) in [5, 5.41) is 8.62. The average molecular weight is 428 g/mol. The van der Waals surface area contributed by atoms with Crippen molar-refractivity contribution in [3.8, 4) is 11.3 Å². The number of aromatic nitrogens is 3. The summed E-state index contributed by atoms with van der Waals surface area (Å²) in [6, 6.07) is 15.1. The molecule has 0 unspecified atom stereocenters. The topological polar surface area (TPSA) is 76.9 Å². The summed E-state index contributed by atoms with van der Waals surface area (Å²) < 4.78 is 14.9. The van der Waals surface area contributed by atoms with Gasteiger partial charge >= 0.3 is 0 Å². The predicted molar refractivity (Wildman–Crippen MR) is 122 cm³/mol. The third-order valence-corrected chi connectivity index (χ3v) is 5.63. The van der Waals surface area contributed by atoms with Crippen LogP contribution in [0.3, 0.4) is 0 Å². The number of halogens is 1. The van der Waals surface area contributed by atoms with Crippen LogP contribution in [-0.2, 0) is 6.54 Å². The number of rotatable bonds is 6. The number of Topliss-reactive ketones (excluding diaryl/α,β-unsaturated/α-hetero) is 1. The standard InChI is InChI=1S/C25H21FN4O2/c1-15(31)22-23(17-6-8-19(26)9-7-17)29-30(14-16-4-5-16)25(32)24(22)28-20-10-11-21-18(13-20)3-2-12-27-21/h2-3,6-13,16,28H,4-5,14H2,1H3. The largest absolute Gasteiger partial charge is 0.350 e.